The first kappa shape index (κ1) is 51.8. The lowest BCUT2D eigenvalue weighted by Gasteiger charge is -2.26. The summed E-state index contributed by atoms with van der Waals surface area (Å²) in [5, 5.41) is 3.01. The number of pyridine rings is 2. The van der Waals surface area contributed by atoms with Gasteiger partial charge in [0.25, 0.3) is 0 Å². The molecule has 0 saturated heterocycles. The van der Waals surface area contributed by atoms with Crippen molar-refractivity contribution < 1.29 is 8.83 Å². The highest BCUT2D eigenvalue weighted by atomic mass is 16.3. The fourth-order valence-corrected chi connectivity index (χ4v) is 12.3. The summed E-state index contributed by atoms with van der Waals surface area (Å²) >= 11 is 0. The zero-order chi connectivity index (χ0) is 58.3. The number of benzene rings is 12. The Morgan fingerprint density at radius 3 is 1.08 bits per heavy atom. The quantitative estimate of drug-likeness (QED) is 0.115. The highest BCUT2D eigenvalue weighted by Crippen LogP contribution is 2.45. The number of hydrogen-bond acceptors (Lipinski definition) is 6. The lowest BCUT2D eigenvalue weighted by molar-refractivity contribution is 0.667. The van der Waals surface area contributed by atoms with E-state index in [0.717, 1.165) is 134 Å². The fourth-order valence-electron chi connectivity index (χ4n) is 12.3. The molecule has 6 nitrogen and oxygen atoms in total. The minimum atomic E-state index is 0.714. The maximum absolute atomic E-state index is 6.86. The molecule has 0 unspecified atom stereocenters. The number of fused-ring (bicyclic) bond motifs is 6. The Kier molecular flexibility index (Phi) is 13.1. The van der Waals surface area contributed by atoms with Crippen LogP contribution < -0.4 is 9.80 Å². The minimum Gasteiger partial charge on any atom is -0.452 e. The predicted octanol–water partition coefficient (Wildman–Crippen LogP) is 22.9. The minimum absolute atomic E-state index is 0.714. The summed E-state index contributed by atoms with van der Waals surface area (Å²) in [5.74, 6) is 0.714. The Labute approximate surface area is 509 Å². The molecule has 0 radical (unpaired) electrons. The molecule has 4 aromatic heterocycles. The Morgan fingerprint density at radius 2 is 0.580 bits per heavy atom. The van der Waals surface area contributed by atoms with Gasteiger partial charge in [-0.3, -0.25) is 9.88 Å². The van der Waals surface area contributed by atoms with Gasteiger partial charge in [0.05, 0.1) is 5.69 Å². The first-order valence-corrected chi connectivity index (χ1v) is 29.7. The van der Waals surface area contributed by atoms with Gasteiger partial charge in [-0.05, 0) is 169 Å². The largest absolute Gasteiger partial charge is 0.452 e. The van der Waals surface area contributed by atoms with Gasteiger partial charge >= 0.3 is 0 Å². The zero-order valence-electron chi connectivity index (χ0n) is 47.8. The van der Waals surface area contributed by atoms with E-state index in [0.29, 0.717) is 5.82 Å². The number of aromatic nitrogens is 2. The molecule has 0 aliphatic rings. The second-order valence-electron chi connectivity index (χ2n) is 22.1. The van der Waals surface area contributed by atoms with Crippen LogP contribution in [0.2, 0.25) is 0 Å². The summed E-state index contributed by atoms with van der Waals surface area (Å²) in [6, 6.07) is 112. The molecular formula is C82H54N4O2. The summed E-state index contributed by atoms with van der Waals surface area (Å²) in [4.78, 5) is 14.4. The normalized spacial score (nSPS) is 11.4. The molecule has 0 spiro atoms. The molecular weight excluding hydrogens is 1070 g/mol. The number of nitrogens with zero attached hydrogens (tertiary/aromatic N) is 4. The molecule has 0 bridgehead atoms. The number of furan rings is 2. The molecule has 4 heterocycles. The number of rotatable bonds is 13. The van der Waals surface area contributed by atoms with Crippen LogP contribution in [-0.2, 0) is 0 Å². The van der Waals surface area contributed by atoms with Gasteiger partial charge in [-0.25, -0.2) is 4.98 Å². The van der Waals surface area contributed by atoms with E-state index < -0.39 is 0 Å². The second kappa shape index (κ2) is 22.3. The van der Waals surface area contributed by atoms with Crippen molar-refractivity contribution >= 4 is 78.3 Å². The summed E-state index contributed by atoms with van der Waals surface area (Å²) in [6.07, 6.45) is 3.77. The van der Waals surface area contributed by atoms with Crippen LogP contribution in [0.1, 0.15) is 0 Å². The molecule has 6 heteroatoms. The SMILES string of the molecule is c1ccc(-c2ccc(-c3ccc(N(c4ccc(-c5ccccc5)cc4)c4nccc5c4oc4ccc(-c6cccc(-c7ccc(-c8ccc(N(c9ccc(-c%10ccccc%10)cc9)c9ccnc%10c9oc9ccccc9%10)cc8)cc7)c6)cc45)cc3)cc2)cc1. The third-order valence-corrected chi connectivity index (χ3v) is 16.8. The van der Waals surface area contributed by atoms with Crippen molar-refractivity contribution in [2.24, 2.45) is 0 Å². The van der Waals surface area contributed by atoms with E-state index in [2.05, 4.69) is 289 Å². The summed E-state index contributed by atoms with van der Waals surface area (Å²) in [7, 11) is 0. The smallest absolute Gasteiger partial charge is 0.181 e. The lowest BCUT2D eigenvalue weighted by Crippen LogP contribution is -2.11. The molecule has 0 aliphatic heterocycles. The molecule has 12 aromatic carbocycles. The maximum atomic E-state index is 6.86. The van der Waals surface area contributed by atoms with Crippen molar-refractivity contribution in [1.82, 2.24) is 9.97 Å². The average Bonchev–Trinajstić information content (AvgIpc) is 2.14. The van der Waals surface area contributed by atoms with Crippen molar-refractivity contribution in [1.29, 1.82) is 0 Å². The summed E-state index contributed by atoms with van der Waals surface area (Å²) in [6.45, 7) is 0. The lowest BCUT2D eigenvalue weighted by atomic mass is 9.96. The first-order valence-electron chi connectivity index (χ1n) is 29.7. The summed E-state index contributed by atoms with van der Waals surface area (Å²) in [5.41, 5.74) is 24.8. The third-order valence-electron chi connectivity index (χ3n) is 16.8. The van der Waals surface area contributed by atoms with E-state index in [1.165, 1.54) is 16.7 Å². The van der Waals surface area contributed by atoms with Crippen LogP contribution in [0, 0.1) is 0 Å². The average molecular weight is 1130 g/mol. The molecule has 0 aliphatic carbocycles. The van der Waals surface area contributed by atoms with Crippen LogP contribution in [0.5, 0.6) is 0 Å². The molecule has 0 N–H and O–H groups in total. The van der Waals surface area contributed by atoms with Gasteiger partial charge in [-0.2, -0.15) is 0 Å². The highest BCUT2D eigenvalue weighted by Gasteiger charge is 2.23. The third kappa shape index (κ3) is 9.71. The van der Waals surface area contributed by atoms with E-state index in [4.69, 9.17) is 18.8 Å². The van der Waals surface area contributed by atoms with E-state index in [9.17, 15) is 0 Å². The zero-order valence-corrected chi connectivity index (χ0v) is 47.8. The Balaban J connectivity index is 0.690. The predicted molar refractivity (Wildman–Crippen MR) is 364 cm³/mol. The van der Waals surface area contributed by atoms with Gasteiger partial charge in [-0.1, -0.05) is 224 Å². The van der Waals surface area contributed by atoms with Crippen LogP contribution in [0.4, 0.5) is 34.3 Å². The van der Waals surface area contributed by atoms with E-state index in [1.807, 2.05) is 48.8 Å². The van der Waals surface area contributed by atoms with E-state index in [-0.39, 0.29) is 0 Å². The van der Waals surface area contributed by atoms with Gasteiger partial charge in [0.2, 0.25) is 0 Å². The van der Waals surface area contributed by atoms with Crippen LogP contribution in [-0.4, -0.2) is 9.97 Å². The Morgan fingerprint density at radius 1 is 0.227 bits per heavy atom. The van der Waals surface area contributed by atoms with Crippen molar-refractivity contribution in [2.75, 3.05) is 9.80 Å². The van der Waals surface area contributed by atoms with Crippen molar-refractivity contribution in [2.45, 2.75) is 0 Å². The van der Waals surface area contributed by atoms with Crippen LogP contribution in [0.25, 0.3) is 122 Å². The molecule has 0 atom stereocenters. The number of hydrogen-bond donors (Lipinski definition) is 0. The molecule has 414 valence electrons. The second-order valence-corrected chi connectivity index (χ2v) is 22.1. The highest BCUT2D eigenvalue weighted by molar-refractivity contribution is 6.11. The van der Waals surface area contributed by atoms with Crippen molar-refractivity contribution in [3.8, 4) is 77.9 Å². The van der Waals surface area contributed by atoms with E-state index >= 15 is 0 Å². The topological polar surface area (TPSA) is 58.5 Å². The summed E-state index contributed by atoms with van der Waals surface area (Å²) < 4.78 is 13.4. The maximum Gasteiger partial charge on any atom is 0.181 e. The molecule has 16 rings (SSSR count). The number of para-hydroxylation sites is 1. The van der Waals surface area contributed by atoms with Gasteiger partial charge in [0, 0.05) is 51.3 Å². The number of anilines is 6. The molecule has 88 heavy (non-hydrogen) atoms. The standard InChI is InChI=1S/C82H54N4O2/c1-4-13-55(14-5-1)58-23-25-59(26-24-58)64-37-46-72(47-38-64)86(71-44-35-62(36-45-71)57-17-8-3-9-18-57)82-80-73(49-51-84-82)75-54-68(39-48-78(75)87-80)67-20-12-19-66(53-67)65-29-27-60(28-30-65)63-33-42-70(43-34-63)85(69-40-31-61(32-41-69)56-15-6-2-7-16-56)76-50-52-83-79-74-21-10-11-22-77(74)88-81(76)79/h1-54H. The van der Waals surface area contributed by atoms with Gasteiger partial charge in [0.1, 0.15) is 16.7 Å². The van der Waals surface area contributed by atoms with Crippen molar-refractivity contribution in [3.63, 3.8) is 0 Å². The van der Waals surface area contributed by atoms with E-state index in [1.54, 1.807) is 0 Å². The van der Waals surface area contributed by atoms with Gasteiger partial charge in [-0.15, -0.1) is 0 Å². The van der Waals surface area contributed by atoms with Gasteiger partial charge in [0.15, 0.2) is 17.0 Å². The van der Waals surface area contributed by atoms with Crippen molar-refractivity contribution in [3.05, 3.63) is 328 Å². The van der Waals surface area contributed by atoms with Crippen LogP contribution >= 0.6 is 0 Å². The molecule has 0 fully saturated rings. The Bertz CT molecular complexity index is 5140. The van der Waals surface area contributed by atoms with Gasteiger partial charge < -0.3 is 13.7 Å². The molecule has 0 amide bonds. The van der Waals surface area contributed by atoms with Crippen LogP contribution in [0.15, 0.2) is 337 Å². The fraction of sp³-hybridized carbons (Fsp3) is 0. The molecule has 0 saturated carbocycles. The molecule has 16 aromatic rings. The Hall–Kier alpha value is -11.9. The first-order chi connectivity index (χ1) is 43.6. The monoisotopic (exact) mass is 1130 g/mol. The van der Waals surface area contributed by atoms with Crippen LogP contribution in [0.3, 0.4) is 0 Å².